The number of hydrogen-bond acceptors (Lipinski definition) is 9. The van der Waals surface area contributed by atoms with E-state index in [0.29, 0.717) is 61.3 Å². The van der Waals surface area contributed by atoms with Crippen LogP contribution in [0, 0.1) is 0 Å². The average molecular weight is 454 g/mol. The number of anilines is 2. The van der Waals surface area contributed by atoms with E-state index in [2.05, 4.69) is 30.9 Å². The number of aromatic nitrogens is 2. The molecule has 0 spiro atoms. The number of aliphatic imine (C=N–C) groups is 1. The van der Waals surface area contributed by atoms with E-state index in [9.17, 15) is 14.7 Å². The van der Waals surface area contributed by atoms with Crippen LogP contribution >= 0.6 is 0 Å². The Morgan fingerprint density at radius 1 is 1.15 bits per heavy atom. The van der Waals surface area contributed by atoms with Crippen molar-refractivity contribution in [2.24, 2.45) is 4.99 Å². The third-order valence-electron chi connectivity index (χ3n) is 5.56. The summed E-state index contributed by atoms with van der Waals surface area (Å²) < 4.78 is 5.82. The van der Waals surface area contributed by atoms with Crippen LogP contribution < -0.4 is 20.7 Å². The lowest BCUT2D eigenvalue weighted by Crippen LogP contribution is -2.48. The Morgan fingerprint density at radius 2 is 1.97 bits per heavy atom. The molecule has 0 saturated heterocycles. The van der Waals surface area contributed by atoms with Gasteiger partial charge in [-0.15, -0.1) is 0 Å². The quantitative estimate of drug-likeness (QED) is 0.490. The first-order chi connectivity index (χ1) is 16.1. The van der Waals surface area contributed by atoms with Crippen molar-refractivity contribution in [3.63, 3.8) is 0 Å². The fraction of sp³-hybridized carbons (Fsp3) is 0.409. The van der Waals surface area contributed by atoms with Gasteiger partial charge in [-0.3, -0.25) is 19.5 Å². The first-order valence-corrected chi connectivity index (χ1v) is 10.8. The molecule has 1 aromatic carbocycles. The zero-order valence-corrected chi connectivity index (χ0v) is 18.3. The van der Waals surface area contributed by atoms with Crippen molar-refractivity contribution in [3.8, 4) is 5.75 Å². The molecule has 2 bridgehead atoms. The predicted octanol–water partition coefficient (Wildman–Crippen LogP) is 0.518. The van der Waals surface area contributed by atoms with E-state index < -0.39 is 12.0 Å². The van der Waals surface area contributed by atoms with Gasteiger partial charge in [-0.25, -0.2) is 9.97 Å². The van der Waals surface area contributed by atoms with Crippen LogP contribution in [0.1, 0.15) is 17.9 Å². The summed E-state index contributed by atoms with van der Waals surface area (Å²) in [6.07, 6.45) is 3.62. The monoisotopic (exact) mass is 453 g/mol. The van der Waals surface area contributed by atoms with E-state index >= 15 is 0 Å². The van der Waals surface area contributed by atoms with E-state index in [4.69, 9.17) is 4.74 Å². The van der Waals surface area contributed by atoms with Crippen molar-refractivity contribution in [2.75, 3.05) is 50.5 Å². The summed E-state index contributed by atoms with van der Waals surface area (Å²) in [5.41, 5.74) is 1.26. The molecule has 0 aliphatic carbocycles. The molecule has 11 heteroatoms. The number of carbonyl (C=O) groups excluding carboxylic acids is 2. The summed E-state index contributed by atoms with van der Waals surface area (Å²) in [4.78, 5) is 39.9. The molecule has 4 N–H and O–H groups in total. The van der Waals surface area contributed by atoms with Crippen molar-refractivity contribution in [1.29, 1.82) is 0 Å². The average Bonchev–Trinajstić information content (AvgIpc) is 3.14. The Labute approximate surface area is 191 Å². The summed E-state index contributed by atoms with van der Waals surface area (Å²) >= 11 is 0. The van der Waals surface area contributed by atoms with Gasteiger partial charge >= 0.3 is 0 Å². The fourth-order valence-corrected chi connectivity index (χ4v) is 3.78. The van der Waals surface area contributed by atoms with Crippen molar-refractivity contribution in [1.82, 2.24) is 20.2 Å². The molecule has 174 valence electrons. The van der Waals surface area contributed by atoms with E-state index in [-0.39, 0.29) is 18.4 Å². The lowest BCUT2D eigenvalue weighted by atomic mass is 10.0. The molecule has 4 rings (SSSR count). The van der Waals surface area contributed by atoms with Crippen LogP contribution in [-0.2, 0) is 9.59 Å². The minimum atomic E-state index is -0.655. The molecule has 2 amide bonds. The van der Waals surface area contributed by atoms with Crippen LogP contribution in [0.3, 0.4) is 0 Å². The van der Waals surface area contributed by atoms with Gasteiger partial charge < -0.3 is 25.8 Å². The lowest BCUT2D eigenvalue weighted by molar-refractivity contribution is -0.127. The van der Waals surface area contributed by atoms with Crippen LogP contribution in [-0.4, -0.2) is 83.9 Å². The van der Waals surface area contributed by atoms with Gasteiger partial charge in [0.2, 0.25) is 11.8 Å². The summed E-state index contributed by atoms with van der Waals surface area (Å²) in [7, 11) is 1.80. The van der Waals surface area contributed by atoms with Gasteiger partial charge in [0.15, 0.2) is 0 Å². The second kappa shape index (κ2) is 10.4. The number of nitrogens with one attached hydrogen (secondary N) is 3. The molecule has 2 atom stereocenters. The highest BCUT2D eigenvalue weighted by Gasteiger charge is 2.33. The van der Waals surface area contributed by atoms with Crippen LogP contribution in [0.2, 0.25) is 0 Å². The molecular weight excluding hydrogens is 426 g/mol. The van der Waals surface area contributed by atoms with Gasteiger partial charge in [0, 0.05) is 31.9 Å². The Kier molecular flexibility index (Phi) is 7.10. The summed E-state index contributed by atoms with van der Waals surface area (Å²) in [6, 6.07) is 6.65. The minimum Gasteiger partial charge on any atom is -0.493 e. The largest absolute Gasteiger partial charge is 0.493 e. The van der Waals surface area contributed by atoms with Crippen molar-refractivity contribution in [3.05, 3.63) is 36.2 Å². The number of hydrogen-bond donors (Lipinski definition) is 4. The number of amides is 2. The van der Waals surface area contributed by atoms with Gasteiger partial charge in [-0.1, -0.05) is 6.07 Å². The molecule has 1 unspecified atom stereocenters. The molecule has 33 heavy (non-hydrogen) atoms. The van der Waals surface area contributed by atoms with Crippen molar-refractivity contribution in [2.45, 2.75) is 18.4 Å². The topological polar surface area (TPSA) is 141 Å². The second-order valence-corrected chi connectivity index (χ2v) is 7.83. The van der Waals surface area contributed by atoms with E-state index in [1.165, 1.54) is 6.33 Å². The number of benzene rings is 1. The zero-order chi connectivity index (χ0) is 23.2. The second-order valence-electron chi connectivity index (χ2n) is 7.83. The molecule has 0 radical (unpaired) electrons. The molecule has 2 aromatic rings. The molecule has 0 saturated carbocycles. The highest BCUT2D eigenvalue weighted by atomic mass is 16.5. The first-order valence-electron chi connectivity index (χ1n) is 10.8. The van der Waals surface area contributed by atoms with Crippen LogP contribution in [0.25, 0.3) is 0 Å². The number of carbonyl (C=O) groups is 2. The van der Waals surface area contributed by atoms with Gasteiger partial charge in [0.05, 0.1) is 24.5 Å². The van der Waals surface area contributed by atoms with Gasteiger partial charge in [-0.2, -0.15) is 0 Å². The van der Waals surface area contributed by atoms with Gasteiger partial charge in [0.1, 0.15) is 35.7 Å². The molecule has 2 aliphatic rings. The van der Waals surface area contributed by atoms with Gasteiger partial charge in [0.25, 0.3) is 0 Å². The lowest BCUT2D eigenvalue weighted by Gasteiger charge is -2.25. The number of likely N-dealkylation sites (N-methyl/N-ethyl adjacent to an activating group) is 1. The predicted molar refractivity (Wildman–Crippen MR) is 123 cm³/mol. The fourth-order valence-electron chi connectivity index (χ4n) is 3.78. The third kappa shape index (κ3) is 5.26. The van der Waals surface area contributed by atoms with Crippen molar-refractivity contribution >= 4 is 35.4 Å². The summed E-state index contributed by atoms with van der Waals surface area (Å²) in [5.74, 6) is 0.430. The Hall–Kier alpha value is -3.57. The number of aliphatic hydroxyl groups is 1. The maximum absolute atomic E-state index is 12.6. The summed E-state index contributed by atoms with van der Waals surface area (Å²) in [5, 5.41) is 18.5. The minimum absolute atomic E-state index is 0.238. The van der Waals surface area contributed by atoms with Crippen LogP contribution in [0.15, 0.2) is 35.6 Å². The Bertz CT molecular complexity index is 1050. The highest BCUT2D eigenvalue weighted by Crippen LogP contribution is 2.34. The zero-order valence-electron chi connectivity index (χ0n) is 18.3. The standard InChI is InChI=1S/C22H27N7O4/c1-29-8-3-9-33-15-5-2-4-14(10-15)25-11-16-18-19(26-13-27-20(18)28-21(16)31)23-6-7-24-22(32)17(29)12-30/h2,4-5,10-11,13,16-17,30H,3,6-9,12H2,1H3,(H,24,32)(H2,23,26,27,28,31)/t16?,17-/m1/s1. The smallest absolute Gasteiger partial charge is 0.239 e. The van der Waals surface area contributed by atoms with Gasteiger partial charge in [-0.05, 0) is 25.6 Å². The first kappa shape index (κ1) is 22.6. The van der Waals surface area contributed by atoms with Crippen LogP contribution in [0.5, 0.6) is 5.75 Å². The molecule has 2 aliphatic heterocycles. The van der Waals surface area contributed by atoms with Crippen LogP contribution in [0.4, 0.5) is 17.3 Å². The highest BCUT2D eigenvalue weighted by molar-refractivity contribution is 6.13. The normalized spacial score (nSPS) is 22.0. The molecular formula is C22H27N7O4. The Morgan fingerprint density at radius 3 is 2.82 bits per heavy atom. The van der Waals surface area contributed by atoms with Crippen molar-refractivity contribution < 1.29 is 19.4 Å². The maximum Gasteiger partial charge on any atom is 0.239 e. The number of aliphatic hydroxyl groups excluding tert-OH is 1. The number of ether oxygens (including phenoxy) is 1. The maximum atomic E-state index is 12.6. The molecule has 3 heterocycles. The van der Waals surface area contributed by atoms with E-state index in [1.54, 1.807) is 24.2 Å². The SMILES string of the molecule is CN1CCCOc2cccc(c2)N=CC2C(=O)Nc3ncnc(c32)NCCNC(=O)[C@H]1CO. The van der Waals surface area contributed by atoms with E-state index in [0.717, 1.165) is 0 Å². The number of nitrogens with zero attached hydrogens (tertiary/aromatic N) is 4. The summed E-state index contributed by atoms with van der Waals surface area (Å²) in [6.45, 7) is 1.44. The van der Waals surface area contributed by atoms with E-state index in [1.807, 2.05) is 18.2 Å². The molecule has 11 nitrogen and oxygen atoms in total. The number of rotatable bonds is 1. The Balaban J connectivity index is 1.61. The number of fused-ring (bicyclic) bond motifs is 2. The molecule has 0 fully saturated rings. The molecule has 1 aromatic heterocycles. The third-order valence-corrected chi connectivity index (χ3v) is 5.56.